The molecule has 0 amide bonds. The van der Waals surface area contributed by atoms with Crippen LogP contribution in [0.25, 0.3) is 0 Å². The highest BCUT2D eigenvalue weighted by Gasteiger charge is 2.27. The summed E-state index contributed by atoms with van der Waals surface area (Å²) in [5.41, 5.74) is 1.32. The molecule has 2 rings (SSSR count). The SMILES string of the molecule is CC.CC(C)(C)OC=O.CCCC1(C)CCCN(C)C1.O=COCc1ccccc1. The maximum Gasteiger partial charge on any atom is 0.293 e. The van der Waals surface area contributed by atoms with Crippen molar-refractivity contribution in [2.75, 3.05) is 20.1 Å². The van der Waals surface area contributed by atoms with Crippen LogP contribution in [0.3, 0.4) is 0 Å². The van der Waals surface area contributed by atoms with Crippen molar-refractivity contribution in [3.63, 3.8) is 0 Å². The lowest BCUT2D eigenvalue weighted by Crippen LogP contribution is -2.39. The highest BCUT2D eigenvalue weighted by Crippen LogP contribution is 2.33. The van der Waals surface area contributed by atoms with Crippen molar-refractivity contribution in [2.45, 2.75) is 86.4 Å². The highest BCUT2D eigenvalue weighted by atomic mass is 16.5. The molecule has 0 saturated carbocycles. The summed E-state index contributed by atoms with van der Waals surface area (Å²) in [6.45, 7) is 18.1. The van der Waals surface area contributed by atoms with Crippen LogP contribution < -0.4 is 0 Å². The molecule has 5 nitrogen and oxygen atoms in total. The number of carbonyl (C=O) groups is 2. The number of nitrogens with zero attached hydrogens (tertiary/aromatic N) is 1. The fourth-order valence-electron chi connectivity index (χ4n) is 3.24. The molecule has 0 spiro atoms. The molecule has 0 aromatic heterocycles. The van der Waals surface area contributed by atoms with E-state index in [-0.39, 0.29) is 5.60 Å². The van der Waals surface area contributed by atoms with E-state index in [9.17, 15) is 9.59 Å². The molecule has 174 valence electrons. The second-order valence-corrected chi connectivity index (χ2v) is 8.62. The topological polar surface area (TPSA) is 55.8 Å². The minimum Gasteiger partial charge on any atom is -0.463 e. The first-order valence-corrected chi connectivity index (χ1v) is 11.0. The fourth-order valence-corrected chi connectivity index (χ4v) is 3.24. The molecule has 1 unspecified atom stereocenters. The van der Waals surface area contributed by atoms with E-state index >= 15 is 0 Å². The number of benzene rings is 1. The van der Waals surface area contributed by atoms with Gasteiger partial charge in [-0.05, 0) is 64.6 Å². The van der Waals surface area contributed by atoms with Crippen molar-refractivity contribution in [3.05, 3.63) is 35.9 Å². The maximum absolute atomic E-state index is 9.76. The number of carbonyl (C=O) groups excluding carboxylic acids is 2. The van der Waals surface area contributed by atoms with Crippen LogP contribution in [0.1, 0.15) is 79.7 Å². The molecule has 0 N–H and O–H groups in total. The van der Waals surface area contributed by atoms with Gasteiger partial charge in [-0.2, -0.15) is 0 Å². The predicted octanol–water partition coefficient (Wildman–Crippen LogP) is 5.86. The van der Waals surface area contributed by atoms with Crippen molar-refractivity contribution in [3.8, 4) is 0 Å². The van der Waals surface area contributed by atoms with Gasteiger partial charge in [-0.15, -0.1) is 0 Å². The van der Waals surface area contributed by atoms with Gasteiger partial charge in [0.25, 0.3) is 12.9 Å². The van der Waals surface area contributed by atoms with Crippen LogP contribution in [-0.4, -0.2) is 43.6 Å². The van der Waals surface area contributed by atoms with E-state index < -0.39 is 0 Å². The van der Waals surface area contributed by atoms with Gasteiger partial charge in [0.05, 0.1) is 0 Å². The van der Waals surface area contributed by atoms with Gasteiger partial charge in [0.15, 0.2) is 0 Å². The molecule has 1 aromatic carbocycles. The van der Waals surface area contributed by atoms with Crippen molar-refractivity contribution < 1.29 is 19.1 Å². The van der Waals surface area contributed by atoms with Gasteiger partial charge < -0.3 is 14.4 Å². The maximum atomic E-state index is 9.76. The van der Waals surface area contributed by atoms with Gasteiger partial charge in [0.2, 0.25) is 0 Å². The quantitative estimate of drug-likeness (QED) is 0.536. The summed E-state index contributed by atoms with van der Waals surface area (Å²) in [5.74, 6) is 0. The summed E-state index contributed by atoms with van der Waals surface area (Å²) in [6, 6.07) is 9.55. The molecule has 1 aliphatic rings. The summed E-state index contributed by atoms with van der Waals surface area (Å²) < 4.78 is 9.09. The van der Waals surface area contributed by atoms with Crippen molar-refractivity contribution in [2.24, 2.45) is 5.41 Å². The van der Waals surface area contributed by atoms with Gasteiger partial charge in [-0.3, -0.25) is 9.59 Å². The van der Waals surface area contributed by atoms with Crippen LogP contribution in [-0.2, 0) is 25.7 Å². The Morgan fingerprint density at radius 2 is 1.70 bits per heavy atom. The number of hydrogen-bond donors (Lipinski definition) is 0. The second kappa shape index (κ2) is 17.9. The first kappa shape index (κ1) is 30.3. The van der Waals surface area contributed by atoms with E-state index in [2.05, 4.69) is 35.3 Å². The minimum absolute atomic E-state index is 0.318. The van der Waals surface area contributed by atoms with E-state index in [1.54, 1.807) is 0 Å². The van der Waals surface area contributed by atoms with Crippen LogP contribution in [0, 0.1) is 5.41 Å². The van der Waals surface area contributed by atoms with E-state index in [0.29, 0.717) is 25.0 Å². The Hall–Kier alpha value is -1.88. The molecular weight excluding hydrogens is 378 g/mol. The molecule has 0 radical (unpaired) electrons. The molecule has 1 heterocycles. The molecule has 1 atom stereocenters. The lowest BCUT2D eigenvalue weighted by Gasteiger charge is -2.38. The largest absolute Gasteiger partial charge is 0.463 e. The van der Waals surface area contributed by atoms with Crippen molar-refractivity contribution in [1.29, 1.82) is 0 Å². The average Bonchev–Trinajstić information content (AvgIpc) is 2.68. The normalized spacial score (nSPS) is 18.1. The summed E-state index contributed by atoms with van der Waals surface area (Å²) in [7, 11) is 2.24. The smallest absolute Gasteiger partial charge is 0.293 e. The Labute approximate surface area is 185 Å². The Balaban J connectivity index is 0. The monoisotopic (exact) mass is 423 g/mol. The van der Waals surface area contributed by atoms with Gasteiger partial charge >= 0.3 is 0 Å². The molecule has 5 heteroatoms. The predicted molar refractivity (Wildman–Crippen MR) is 125 cm³/mol. The average molecular weight is 424 g/mol. The highest BCUT2D eigenvalue weighted by molar-refractivity contribution is 5.38. The van der Waals surface area contributed by atoms with Crippen LogP contribution in [0.2, 0.25) is 0 Å². The number of ether oxygens (including phenoxy) is 2. The number of hydrogen-bond acceptors (Lipinski definition) is 5. The Kier molecular flexibility index (Phi) is 18.1. The summed E-state index contributed by atoms with van der Waals surface area (Å²) in [5, 5.41) is 0. The standard InChI is InChI=1S/C10H21N.C8H8O2.C5H10O2.C2H6/c1-4-6-10(2)7-5-8-11(3)9-10;9-7-10-6-8-4-2-1-3-5-8;1-5(2,3)7-4-6;1-2/h4-9H2,1-3H3;1-5,7H,6H2;4H,1-3H3;1-2H3. The third kappa shape index (κ3) is 18.2. The zero-order chi connectivity index (χ0) is 23.5. The molecule has 30 heavy (non-hydrogen) atoms. The first-order valence-electron chi connectivity index (χ1n) is 11.0. The Bertz CT molecular complexity index is 524. The zero-order valence-electron chi connectivity index (χ0n) is 20.6. The number of likely N-dealkylation sites (tertiary alicyclic amines) is 1. The molecular formula is C25H45NO4. The Morgan fingerprint density at radius 3 is 2.10 bits per heavy atom. The minimum atomic E-state index is -0.318. The van der Waals surface area contributed by atoms with E-state index in [1.807, 2.05) is 65.0 Å². The van der Waals surface area contributed by atoms with Crippen LogP contribution in [0.5, 0.6) is 0 Å². The van der Waals surface area contributed by atoms with E-state index in [4.69, 9.17) is 0 Å². The third-order valence-electron chi connectivity index (χ3n) is 4.39. The van der Waals surface area contributed by atoms with E-state index in [0.717, 1.165) is 5.56 Å². The Morgan fingerprint density at radius 1 is 1.10 bits per heavy atom. The lowest BCUT2D eigenvalue weighted by molar-refractivity contribution is -0.138. The van der Waals surface area contributed by atoms with Crippen LogP contribution in [0.15, 0.2) is 30.3 Å². The van der Waals surface area contributed by atoms with Crippen molar-refractivity contribution >= 4 is 12.9 Å². The van der Waals surface area contributed by atoms with Gasteiger partial charge in [0.1, 0.15) is 12.2 Å². The second-order valence-electron chi connectivity index (χ2n) is 8.62. The molecule has 1 aliphatic heterocycles. The molecule has 1 fully saturated rings. The van der Waals surface area contributed by atoms with Gasteiger partial charge in [0, 0.05) is 6.54 Å². The molecule has 1 aromatic rings. The number of piperidine rings is 1. The van der Waals surface area contributed by atoms with Crippen LogP contribution in [0.4, 0.5) is 0 Å². The summed E-state index contributed by atoms with van der Waals surface area (Å²) in [6.07, 6.45) is 5.57. The third-order valence-corrected chi connectivity index (χ3v) is 4.39. The van der Waals surface area contributed by atoms with Gasteiger partial charge in [-0.25, -0.2) is 0 Å². The van der Waals surface area contributed by atoms with E-state index in [1.165, 1.54) is 38.8 Å². The first-order chi connectivity index (χ1) is 14.2. The molecule has 1 saturated heterocycles. The summed E-state index contributed by atoms with van der Waals surface area (Å²) in [4.78, 5) is 21.8. The summed E-state index contributed by atoms with van der Waals surface area (Å²) >= 11 is 0. The van der Waals surface area contributed by atoms with Gasteiger partial charge in [-0.1, -0.05) is 64.4 Å². The fraction of sp³-hybridized carbons (Fsp3) is 0.680. The number of rotatable bonds is 6. The molecule has 0 bridgehead atoms. The molecule has 0 aliphatic carbocycles. The lowest BCUT2D eigenvalue weighted by atomic mass is 9.78. The van der Waals surface area contributed by atoms with Crippen LogP contribution >= 0.6 is 0 Å². The van der Waals surface area contributed by atoms with Crippen molar-refractivity contribution in [1.82, 2.24) is 4.90 Å². The zero-order valence-corrected chi connectivity index (χ0v) is 20.6.